The van der Waals surface area contributed by atoms with Crippen LogP contribution in [0.15, 0.2) is 39.5 Å². The second-order valence-corrected chi connectivity index (χ2v) is 5.31. The van der Waals surface area contributed by atoms with Crippen LogP contribution in [0, 0.1) is 0 Å². The Balaban J connectivity index is 2.45. The topological polar surface area (TPSA) is 38.0 Å². The third-order valence-electron chi connectivity index (χ3n) is 2.34. The summed E-state index contributed by atoms with van der Waals surface area (Å²) in [5.74, 6) is 5.60. The molecular weight excluding hydrogens is 308 g/mol. The van der Waals surface area contributed by atoms with Gasteiger partial charge in [-0.25, -0.2) is 5.43 Å². The van der Waals surface area contributed by atoms with Gasteiger partial charge in [-0.15, -0.1) is 0 Å². The Kier molecular flexibility index (Phi) is 4.00. The number of nitrogens with one attached hydrogen (secondary N) is 1. The van der Waals surface area contributed by atoms with Crippen molar-refractivity contribution in [3.05, 3.63) is 55.6 Å². The maximum atomic E-state index is 6.24. The van der Waals surface area contributed by atoms with Crippen LogP contribution < -0.4 is 11.3 Å². The van der Waals surface area contributed by atoms with E-state index in [1.165, 1.54) is 0 Å². The van der Waals surface area contributed by atoms with Crippen molar-refractivity contribution in [1.29, 1.82) is 0 Å². The number of nitrogens with two attached hydrogens (primary N) is 1. The highest BCUT2D eigenvalue weighted by atomic mass is 79.9. The average Bonchev–Trinajstić information content (AvgIpc) is 2.79. The molecule has 1 unspecified atom stereocenters. The van der Waals surface area contributed by atoms with Crippen molar-refractivity contribution in [2.24, 2.45) is 5.84 Å². The van der Waals surface area contributed by atoms with E-state index in [9.17, 15) is 0 Å². The Morgan fingerprint density at radius 1 is 1.38 bits per heavy atom. The van der Waals surface area contributed by atoms with E-state index in [0.29, 0.717) is 5.02 Å². The fourth-order valence-corrected chi connectivity index (χ4v) is 2.85. The van der Waals surface area contributed by atoms with Gasteiger partial charge < -0.3 is 0 Å². The molecule has 0 aliphatic heterocycles. The van der Waals surface area contributed by atoms with E-state index >= 15 is 0 Å². The molecule has 5 heteroatoms. The van der Waals surface area contributed by atoms with Crippen molar-refractivity contribution in [3.63, 3.8) is 0 Å². The first-order valence-electron chi connectivity index (χ1n) is 4.66. The minimum Gasteiger partial charge on any atom is -0.271 e. The maximum Gasteiger partial charge on any atom is 0.0732 e. The normalized spacial score (nSPS) is 12.7. The quantitative estimate of drug-likeness (QED) is 0.669. The number of halogens is 2. The summed E-state index contributed by atoms with van der Waals surface area (Å²) >= 11 is 11.3. The number of hydrazine groups is 1. The van der Waals surface area contributed by atoms with Crippen LogP contribution >= 0.6 is 38.9 Å². The van der Waals surface area contributed by atoms with Crippen LogP contribution in [0.1, 0.15) is 17.2 Å². The fourth-order valence-electron chi connectivity index (χ4n) is 1.55. The number of thiophene rings is 1. The van der Waals surface area contributed by atoms with Crippen molar-refractivity contribution in [2.45, 2.75) is 6.04 Å². The van der Waals surface area contributed by atoms with E-state index in [4.69, 9.17) is 17.4 Å². The average molecular weight is 318 g/mol. The molecule has 84 valence electrons. The highest BCUT2D eigenvalue weighted by molar-refractivity contribution is 9.10. The van der Waals surface area contributed by atoms with Crippen molar-refractivity contribution in [1.82, 2.24) is 5.43 Å². The summed E-state index contributed by atoms with van der Waals surface area (Å²) in [5, 5.41) is 4.77. The molecule has 2 nitrogen and oxygen atoms in total. The van der Waals surface area contributed by atoms with Gasteiger partial charge in [0.15, 0.2) is 0 Å². The molecule has 2 aromatic rings. The summed E-state index contributed by atoms with van der Waals surface area (Å²) < 4.78 is 0.877. The Labute approximate surface area is 112 Å². The largest absolute Gasteiger partial charge is 0.271 e. The van der Waals surface area contributed by atoms with Crippen molar-refractivity contribution in [2.75, 3.05) is 0 Å². The van der Waals surface area contributed by atoms with Gasteiger partial charge in [0.1, 0.15) is 0 Å². The molecule has 1 aromatic carbocycles. The second kappa shape index (κ2) is 5.29. The summed E-state index contributed by atoms with van der Waals surface area (Å²) in [7, 11) is 0. The number of rotatable bonds is 3. The van der Waals surface area contributed by atoms with Crippen molar-refractivity contribution in [3.8, 4) is 0 Å². The first-order valence-corrected chi connectivity index (χ1v) is 6.77. The maximum absolute atomic E-state index is 6.24. The molecule has 0 fully saturated rings. The van der Waals surface area contributed by atoms with Crippen LogP contribution in [-0.2, 0) is 0 Å². The van der Waals surface area contributed by atoms with Crippen LogP contribution in [0.5, 0.6) is 0 Å². The second-order valence-electron chi connectivity index (χ2n) is 3.30. The van der Waals surface area contributed by atoms with Gasteiger partial charge in [0, 0.05) is 4.47 Å². The van der Waals surface area contributed by atoms with Crippen LogP contribution in [-0.4, -0.2) is 0 Å². The molecule has 0 spiro atoms. The Morgan fingerprint density at radius 3 is 2.81 bits per heavy atom. The summed E-state index contributed by atoms with van der Waals surface area (Å²) in [5.41, 5.74) is 4.88. The van der Waals surface area contributed by atoms with Crippen LogP contribution in [0.2, 0.25) is 5.02 Å². The third-order valence-corrected chi connectivity index (χ3v) is 4.35. The summed E-state index contributed by atoms with van der Waals surface area (Å²) in [6, 6.07) is 7.78. The van der Waals surface area contributed by atoms with E-state index in [1.54, 1.807) is 11.3 Å². The van der Waals surface area contributed by atoms with Crippen LogP contribution in [0.3, 0.4) is 0 Å². The lowest BCUT2D eigenvalue weighted by atomic mass is 10.0. The molecular formula is C11H10BrClN2S. The summed E-state index contributed by atoms with van der Waals surface area (Å²) in [4.78, 5) is 0. The molecule has 0 saturated heterocycles. The van der Waals surface area contributed by atoms with Crippen molar-refractivity contribution < 1.29 is 0 Å². The summed E-state index contributed by atoms with van der Waals surface area (Å²) in [6.07, 6.45) is 0. The minimum absolute atomic E-state index is 0.0729. The molecule has 1 heterocycles. The standard InChI is InChI=1S/C11H10BrClN2S/c12-9-3-1-2-8(10(9)13)11(15-14)7-4-5-16-6-7/h1-6,11,15H,14H2. The molecule has 0 saturated carbocycles. The van der Waals surface area contributed by atoms with Gasteiger partial charge in [-0.3, -0.25) is 5.84 Å². The summed E-state index contributed by atoms with van der Waals surface area (Å²) in [6.45, 7) is 0. The molecule has 1 aromatic heterocycles. The molecule has 0 bridgehead atoms. The van der Waals surface area contributed by atoms with E-state index in [-0.39, 0.29) is 6.04 Å². The lowest BCUT2D eigenvalue weighted by molar-refractivity contribution is 0.639. The first-order chi connectivity index (χ1) is 7.74. The molecule has 0 amide bonds. The van der Waals surface area contributed by atoms with Crippen LogP contribution in [0.4, 0.5) is 0 Å². The number of hydrogen-bond donors (Lipinski definition) is 2. The van der Waals surface area contributed by atoms with Gasteiger partial charge in [0.2, 0.25) is 0 Å². The predicted octanol–water partition coefficient (Wildman–Crippen LogP) is 3.72. The smallest absolute Gasteiger partial charge is 0.0732 e. The fraction of sp³-hybridized carbons (Fsp3) is 0.0909. The third kappa shape index (κ3) is 2.31. The SMILES string of the molecule is NNC(c1ccsc1)c1cccc(Br)c1Cl. The highest BCUT2D eigenvalue weighted by Crippen LogP contribution is 2.33. The van der Waals surface area contributed by atoms with E-state index in [1.807, 2.05) is 29.6 Å². The minimum atomic E-state index is -0.0729. The predicted molar refractivity (Wildman–Crippen MR) is 72.6 cm³/mol. The molecule has 0 aliphatic rings. The lowest BCUT2D eigenvalue weighted by Crippen LogP contribution is -2.28. The molecule has 1 atom stereocenters. The zero-order valence-corrected chi connectivity index (χ0v) is 11.4. The van der Waals surface area contributed by atoms with Crippen molar-refractivity contribution >= 4 is 38.9 Å². The molecule has 0 radical (unpaired) electrons. The Hall–Kier alpha value is -0.390. The molecule has 3 N–H and O–H groups in total. The van der Waals surface area contributed by atoms with Crippen LogP contribution in [0.25, 0.3) is 0 Å². The van der Waals surface area contributed by atoms with E-state index in [2.05, 4.69) is 26.7 Å². The first kappa shape index (κ1) is 12.1. The number of hydrogen-bond acceptors (Lipinski definition) is 3. The van der Waals surface area contributed by atoms with E-state index in [0.717, 1.165) is 15.6 Å². The van der Waals surface area contributed by atoms with Gasteiger partial charge in [0.25, 0.3) is 0 Å². The van der Waals surface area contributed by atoms with Gasteiger partial charge in [-0.2, -0.15) is 11.3 Å². The van der Waals surface area contributed by atoms with Gasteiger partial charge in [-0.05, 0) is 49.9 Å². The van der Waals surface area contributed by atoms with Gasteiger partial charge in [0.05, 0.1) is 11.1 Å². The number of benzene rings is 1. The van der Waals surface area contributed by atoms with E-state index < -0.39 is 0 Å². The molecule has 2 rings (SSSR count). The monoisotopic (exact) mass is 316 g/mol. The zero-order valence-electron chi connectivity index (χ0n) is 8.28. The molecule has 16 heavy (non-hydrogen) atoms. The van der Waals surface area contributed by atoms with Gasteiger partial charge in [-0.1, -0.05) is 23.7 Å². The zero-order chi connectivity index (χ0) is 11.5. The highest BCUT2D eigenvalue weighted by Gasteiger charge is 2.16. The Morgan fingerprint density at radius 2 is 2.19 bits per heavy atom. The Bertz CT molecular complexity index is 473. The van der Waals surface area contributed by atoms with Gasteiger partial charge >= 0.3 is 0 Å². The molecule has 0 aliphatic carbocycles. The lowest BCUT2D eigenvalue weighted by Gasteiger charge is -2.17.